The van der Waals surface area contributed by atoms with Crippen LogP contribution in [-0.2, 0) is 12.8 Å². The minimum Gasteiger partial charge on any atom is -0.456 e. The van der Waals surface area contributed by atoms with Gasteiger partial charge in [0.05, 0.1) is 11.0 Å². The van der Waals surface area contributed by atoms with E-state index in [1.807, 2.05) is 85.1 Å². The Morgan fingerprint density at radius 1 is 0.442 bits per heavy atom. The van der Waals surface area contributed by atoms with Crippen LogP contribution in [-0.4, -0.2) is 24.5 Å². The molecule has 0 radical (unpaired) electrons. The highest BCUT2D eigenvalue weighted by Crippen LogP contribution is 2.39. The van der Waals surface area contributed by atoms with Gasteiger partial charge in [0.25, 0.3) is 0 Å². The number of aryl methyl sites for hydroxylation is 2. The van der Waals surface area contributed by atoms with E-state index in [0.717, 1.165) is 77.8 Å². The molecule has 6 nitrogen and oxygen atoms in total. The average molecular weight is 670 g/mol. The van der Waals surface area contributed by atoms with Crippen LogP contribution >= 0.6 is 0 Å². The van der Waals surface area contributed by atoms with Crippen LogP contribution < -0.4 is 0 Å². The SMILES string of the molecule is c1ccc(-c2cnc(-n3c4ccccc4c4cc5c(cc43)oc3ccccc35)c(CCc3nc(-c4ccccc4)nc(-c4ccccc4)n3)c2)cc1. The lowest BCUT2D eigenvalue weighted by molar-refractivity contribution is 0.669. The Hall–Kier alpha value is -6.92. The van der Waals surface area contributed by atoms with Crippen molar-refractivity contribution in [3.05, 3.63) is 175 Å². The quantitative estimate of drug-likeness (QED) is 0.169. The summed E-state index contributed by atoms with van der Waals surface area (Å²) < 4.78 is 8.69. The predicted octanol–water partition coefficient (Wildman–Crippen LogP) is 11.0. The fraction of sp³-hybridized carbons (Fsp3) is 0.0435. The second-order valence-corrected chi connectivity index (χ2v) is 13.0. The van der Waals surface area contributed by atoms with Crippen LogP contribution in [0.1, 0.15) is 11.4 Å². The van der Waals surface area contributed by atoms with Gasteiger partial charge < -0.3 is 4.42 Å². The first-order valence-electron chi connectivity index (χ1n) is 17.5. The van der Waals surface area contributed by atoms with Gasteiger partial charge in [0, 0.05) is 56.9 Å². The van der Waals surface area contributed by atoms with Crippen molar-refractivity contribution < 1.29 is 4.42 Å². The van der Waals surface area contributed by atoms with E-state index in [9.17, 15) is 0 Å². The molecule has 6 aromatic carbocycles. The summed E-state index contributed by atoms with van der Waals surface area (Å²) >= 11 is 0. The number of hydrogen-bond donors (Lipinski definition) is 0. The van der Waals surface area contributed by atoms with E-state index in [0.29, 0.717) is 24.5 Å². The normalized spacial score (nSPS) is 11.6. The van der Waals surface area contributed by atoms with Crippen LogP contribution in [0.4, 0.5) is 0 Å². The number of rotatable bonds is 7. The first kappa shape index (κ1) is 29.9. The summed E-state index contributed by atoms with van der Waals surface area (Å²) in [5, 5.41) is 4.55. The molecule has 0 N–H and O–H groups in total. The van der Waals surface area contributed by atoms with Crippen molar-refractivity contribution in [1.82, 2.24) is 24.5 Å². The highest BCUT2D eigenvalue weighted by molar-refractivity contribution is 6.17. The fourth-order valence-electron chi connectivity index (χ4n) is 7.30. The van der Waals surface area contributed by atoms with E-state index in [2.05, 4.69) is 83.4 Å². The number of hydrogen-bond acceptors (Lipinski definition) is 5. The standard InChI is InChI=1S/C46H31N5O/c1-4-14-30(15-5-1)34-26-33(24-25-43-48-44(31-16-6-2-7-17-31)50-45(49-43)32-18-8-3-9-19-32)46(47-29-34)51-39-22-12-10-20-35(39)37-27-38-36-21-11-13-23-41(36)52-42(38)28-40(37)51/h1-23,26-29H,24-25H2. The summed E-state index contributed by atoms with van der Waals surface area (Å²) in [5.74, 6) is 2.94. The Balaban J connectivity index is 1.15. The molecule has 0 atom stereocenters. The first-order chi connectivity index (χ1) is 25.8. The number of benzene rings is 6. The van der Waals surface area contributed by atoms with Gasteiger partial charge in [0.1, 0.15) is 22.8 Å². The monoisotopic (exact) mass is 669 g/mol. The van der Waals surface area contributed by atoms with Gasteiger partial charge in [0.2, 0.25) is 0 Å². The van der Waals surface area contributed by atoms with E-state index < -0.39 is 0 Å². The Bertz CT molecular complexity index is 2840. The molecule has 0 aliphatic heterocycles. The van der Waals surface area contributed by atoms with Gasteiger partial charge >= 0.3 is 0 Å². The molecular weight excluding hydrogens is 639 g/mol. The zero-order valence-corrected chi connectivity index (χ0v) is 28.1. The maximum absolute atomic E-state index is 6.40. The van der Waals surface area contributed by atoms with Gasteiger partial charge in [0.15, 0.2) is 11.6 Å². The molecule has 246 valence electrons. The molecule has 0 spiro atoms. The number of aromatic nitrogens is 5. The topological polar surface area (TPSA) is 69.6 Å². The van der Waals surface area contributed by atoms with E-state index >= 15 is 0 Å². The summed E-state index contributed by atoms with van der Waals surface area (Å²) in [5.41, 5.74) is 9.06. The molecular formula is C46H31N5O. The predicted molar refractivity (Wildman–Crippen MR) is 209 cm³/mol. The van der Waals surface area contributed by atoms with Crippen molar-refractivity contribution in [2.75, 3.05) is 0 Å². The van der Waals surface area contributed by atoms with Crippen LogP contribution in [0.3, 0.4) is 0 Å². The van der Waals surface area contributed by atoms with Crippen LogP contribution in [0, 0.1) is 0 Å². The molecule has 10 rings (SSSR count). The van der Waals surface area contributed by atoms with Crippen LogP contribution in [0.25, 0.3) is 83.5 Å². The maximum atomic E-state index is 6.40. The summed E-state index contributed by atoms with van der Waals surface area (Å²) in [7, 11) is 0. The molecule has 0 amide bonds. The van der Waals surface area contributed by atoms with Crippen molar-refractivity contribution in [3.63, 3.8) is 0 Å². The lowest BCUT2D eigenvalue weighted by atomic mass is 10.0. The van der Waals surface area contributed by atoms with Gasteiger partial charge in [-0.25, -0.2) is 19.9 Å². The molecule has 4 heterocycles. The highest BCUT2D eigenvalue weighted by atomic mass is 16.3. The van der Waals surface area contributed by atoms with Gasteiger partial charge in [-0.15, -0.1) is 0 Å². The third kappa shape index (κ3) is 5.20. The highest BCUT2D eigenvalue weighted by Gasteiger charge is 2.20. The van der Waals surface area contributed by atoms with Gasteiger partial charge in [-0.1, -0.05) is 127 Å². The molecule has 4 aromatic heterocycles. The molecule has 0 bridgehead atoms. The van der Waals surface area contributed by atoms with Crippen molar-refractivity contribution >= 4 is 43.7 Å². The lowest BCUT2D eigenvalue weighted by Gasteiger charge is -2.15. The number of fused-ring (bicyclic) bond motifs is 6. The van der Waals surface area contributed by atoms with Gasteiger partial charge in [-0.3, -0.25) is 4.57 Å². The average Bonchev–Trinajstić information content (AvgIpc) is 3.74. The molecule has 0 unspecified atom stereocenters. The Labute approximate surface area is 299 Å². The third-order valence-corrected chi connectivity index (χ3v) is 9.80. The molecule has 10 aromatic rings. The number of pyridine rings is 1. The molecule has 0 saturated carbocycles. The zero-order valence-electron chi connectivity index (χ0n) is 28.1. The smallest absolute Gasteiger partial charge is 0.163 e. The molecule has 0 saturated heterocycles. The Morgan fingerprint density at radius 3 is 1.77 bits per heavy atom. The van der Waals surface area contributed by atoms with Crippen LogP contribution in [0.2, 0.25) is 0 Å². The van der Waals surface area contributed by atoms with Gasteiger partial charge in [-0.2, -0.15) is 0 Å². The molecule has 6 heteroatoms. The van der Waals surface area contributed by atoms with E-state index in [1.54, 1.807) is 0 Å². The van der Waals surface area contributed by atoms with Crippen molar-refractivity contribution in [3.8, 4) is 39.7 Å². The second-order valence-electron chi connectivity index (χ2n) is 13.0. The summed E-state index contributed by atoms with van der Waals surface area (Å²) in [4.78, 5) is 20.2. The van der Waals surface area contributed by atoms with E-state index in [-0.39, 0.29) is 0 Å². The van der Waals surface area contributed by atoms with Crippen molar-refractivity contribution in [2.45, 2.75) is 12.8 Å². The van der Waals surface area contributed by atoms with E-state index in [1.165, 1.54) is 5.39 Å². The van der Waals surface area contributed by atoms with E-state index in [4.69, 9.17) is 24.4 Å². The minimum absolute atomic E-state index is 0.597. The summed E-state index contributed by atoms with van der Waals surface area (Å²) in [6.07, 6.45) is 3.24. The van der Waals surface area contributed by atoms with Crippen LogP contribution in [0.5, 0.6) is 0 Å². The zero-order chi connectivity index (χ0) is 34.4. The second kappa shape index (κ2) is 12.4. The minimum atomic E-state index is 0.597. The first-order valence-corrected chi connectivity index (χ1v) is 17.5. The molecule has 0 fully saturated rings. The number of para-hydroxylation sites is 2. The van der Waals surface area contributed by atoms with Gasteiger partial charge in [-0.05, 0) is 41.8 Å². The Morgan fingerprint density at radius 2 is 1.06 bits per heavy atom. The maximum Gasteiger partial charge on any atom is 0.163 e. The molecule has 0 aliphatic carbocycles. The lowest BCUT2D eigenvalue weighted by Crippen LogP contribution is -2.08. The summed E-state index contributed by atoms with van der Waals surface area (Å²) in [6, 6.07) is 54.2. The number of nitrogens with zero attached hydrogens (tertiary/aromatic N) is 5. The molecule has 0 aliphatic rings. The summed E-state index contributed by atoms with van der Waals surface area (Å²) in [6.45, 7) is 0. The number of furan rings is 1. The van der Waals surface area contributed by atoms with Crippen molar-refractivity contribution in [1.29, 1.82) is 0 Å². The third-order valence-electron chi connectivity index (χ3n) is 9.80. The Kier molecular flexibility index (Phi) is 7.17. The largest absolute Gasteiger partial charge is 0.456 e. The fourth-order valence-corrected chi connectivity index (χ4v) is 7.30. The molecule has 52 heavy (non-hydrogen) atoms. The van der Waals surface area contributed by atoms with Crippen molar-refractivity contribution in [2.24, 2.45) is 0 Å². The van der Waals surface area contributed by atoms with Crippen LogP contribution in [0.15, 0.2) is 168 Å².